The van der Waals surface area contributed by atoms with Crippen molar-refractivity contribution in [2.45, 2.75) is 19.1 Å². The van der Waals surface area contributed by atoms with E-state index in [1.165, 1.54) is 7.11 Å². The Kier molecular flexibility index (Phi) is 7.43. The van der Waals surface area contributed by atoms with E-state index in [1.54, 1.807) is 0 Å². The number of aryl methyl sites for hydroxylation is 1. The average Bonchev–Trinajstić information content (AvgIpc) is 2.37. The summed E-state index contributed by atoms with van der Waals surface area (Å²) in [5, 5.41) is 22.1. The van der Waals surface area contributed by atoms with Gasteiger partial charge in [0.15, 0.2) is 0 Å². The highest BCUT2D eigenvalue weighted by atomic mass is 16.5. The van der Waals surface area contributed by atoms with Gasteiger partial charge in [0.05, 0.1) is 12.7 Å². The lowest BCUT2D eigenvalue weighted by molar-refractivity contribution is 0.0582. The molecule has 0 heterocycles. The molecule has 5 heteroatoms. The molecule has 0 amide bonds. The largest absolute Gasteiger partial charge is 0.491 e. The van der Waals surface area contributed by atoms with Gasteiger partial charge in [0, 0.05) is 20.2 Å². The molecule has 0 aliphatic rings. The van der Waals surface area contributed by atoms with E-state index >= 15 is 0 Å². The van der Waals surface area contributed by atoms with Crippen molar-refractivity contribution in [3.05, 3.63) is 29.8 Å². The fourth-order valence-electron chi connectivity index (χ4n) is 1.62. The van der Waals surface area contributed by atoms with Crippen LogP contribution in [0.5, 0.6) is 5.75 Å². The molecule has 108 valence electrons. The molecule has 3 N–H and O–H groups in total. The standard InChI is InChI=1S/C14H23NO4/c1-11-4-3-5-14(6-11)19-10-13(17)8-15-7-12(16)9-18-2/h3-6,12-13,15-17H,7-10H2,1-2H3. The highest BCUT2D eigenvalue weighted by Gasteiger charge is 2.07. The normalized spacial score (nSPS) is 14.1. The predicted octanol–water partition coefficient (Wildman–Crippen LogP) is 0.332. The summed E-state index contributed by atoms with van der Waals surface area (Å²) in [4.78, 5) is 0. The molecular weight excluding hydrogens is 246 g/mol. The lowest BCUT2D eigenvalue weighted by Crippen LogP contribution is -2.37. The van der Waals surface area contributed by atoms with Crippen molar-refractivity contribution in [1.82, 2.24) is 5.32 Å². The molecule has 0 saturated heterocycles. The monoisotopic (exact) mass is 269 g/mol. The van der Waals surface area contributed by atoms with Crippen LogP contribution >= 0.6 is 0 Å². The maximum atomic E-state index is 9.72. The van der Waals surface area contributed by atoms with Gasteiger partial charge in [-0.25, -0.2) is 0 Å². The van der Waals surface area contributed by atoms with Gasteiger partial charge in [-0.05, 0) is 24.6 Å². The fraction of sp³-hybridized carbons (Fsp3) is 0.571. The topological polar surface area (TPSA) is 71.0 Å². The zero-order valence-corrected chi connectivity index (χ0v) is 11.5. The Morgan fingerprint density at radius 1 is 1.16 bits per heavy atom. The van der Waals surface area contributed by atoms with Crippen LogP contribution in [-0.2, 0) is 4.74 Å². The molecule has 1 aromatic carbocycles. The summed E-state index contributed by atoms with van der Waals surface area (Å²) in [7, 11) is 1.54. The van der Waals surface area contributed by atoms with E-state index in [0.29, 0.717) is 13.1 Å². The highest BCUT2D eigenvalue weighted by Crippen LogP contribution is 2.12. The maximum Gasteiger partial charge on any atom is 0.119 e. The Hall–Kier alpha value is -1.14. The van der Waals surface area contributed by atoms with Crippen molar-refractivity contribution in [1.29, 1.82) is 0 Å². The maximum absolute atomic E-state index is 9.72. The van der Waals surface area contributed by atoms with Crippen LogP contribution < -0.4 is 10.1 Å². The zero-order chi connectivity index (χ0) is 14.1. The summed E-state index contributed by atoms with van der Waals surface area (Å²) in [6, 6.07) is 7.68. The molecule has 0 aromatic heterocycles. The zero-order valence-electron chi connectivity index (χ0n) is 11.5. The van der Waals surface area contributed by atoms with Gasteiger partial charge in [-0.2, -0.15) is 0 Å². The molecule has 2 unspecified atom stereocenters. The second-order valence-electron chi connectivity index (χ2n) is 4.55. The van der Waals surface area contributed by atoms with Crippen LogP contribution in [-0.4, -0.2) is 55.8 Å². The van der Waals surface area contributed by atoms with Crippen LogP contribution in [0.2, 0.25) is 0 Å². The first-order valence-electron chi connectivity index (χ1n) is 6.37. The smallest absolute Gasteiger partial charge is 0.119 e. The van der Waals surface area contributed by atoms with Crippen molar-refractivity contribution in [3.8, 4) is 5.75 Å². The van der Waals surface area contributed by atoms with E-state index in [2.05, 4.69) is 5.32 Å². The molecule has 19 heavy (non-hydrogen) atoms. The van der Waals surface area contributed by atoms with Crippen molar-refractivity contribution >= 4 is 0 Å². The third-order valence-corrected chi connectivity index (χ3v) is 2.55. The number of nitrogens with one attached hydrogen (secondary N) is 1. The number of aliphatic hydroxyl groups excluding tert-OH is 2. The van der Waals surface area contributed by atoms with Crippen LogP contribution in [0.25, 0.3) is 0 Å². The van der Waals surface area contributed by atoms with Crippen molar-refractivity contribution in [3.63, 3.8) is 0 Å². The number of aliphatic hydroxyl groups is 2. The van der Waals surface area contributed by atoms with Gasteiger partial charge in [-0.1, -0.05) is 12.1 Å². The van der Waals surface area contributed by atoms with Gasteiger partial charge < -0.3 is 25.0 Å². The first kappa shape index (κ1) is 15.9. The Bertz CT molecular complexity index is 359. The van der Waals surface area contributed by atoms with Crippen LogP contribution in [0, 0.1) is 6.92 Å². The molecule has 0 radical (unpaired) electrons. The Morgan fingerprint density at radius 3 is 2.47 bits per heavy atom. The van der Waals surface area contributed by atoms with Crippen molar-refractivity contribution < 1.29 is 19.7 Å². The second kappa shape index (κ2) is 8.87. The van der Waals surface area contributed by atoms with Gasteiger partial charge in [0.2, 0.25) is 0 Å². The molecule has 0 saturated carbocycles. The minimum atomic E-state index is -0.616. The number of hydrogen-bond donors (Lipinski definition) is 3. The summed E-state index contributed by atoms with van der Waals surface area (Å²) in [5.74, 6) is 0.749. The van der Waals surface area contributed by atoms with Crippen LogP contribution in [0.4, 0.5) is 0 Å². The minimum absolute atomic E-state index is 0.219. The van der Waals surface area contributed by atoms with Crippen molar-refractivity contribution in [2.75, 3.05) is 33.4 Å². The average molecular weight is 269 g/mol. The Labute approximate surface area is 114 Å². The molecule has 1 aromatic rings. The van der Waals surface area contributed by atoms with Crippen LogP contribution in [0.15, 0.2) is 24.3 Å². The quantitative estimate of drug-likeness (QED) is 0.603. The van der Waals surface area contributed by atoms with Gasteiger partial charge >= 0.3 is 0 Å². The summed E-state index contributed by atoms with van der Waals surface area (Å²) < 4.78 is 10.3. The molecule has 2 atom stereocenters. The lowest BCUT2D eigenvalue weighted by Gasteiger charge is -2.15. The summed E-state index contributed by atoms with van der Waals surface area (Å²) in [6.45, 7) is 3.24. The summed E-state index contributed by atoms with van der Waals surface area (Å²) in [5.41, 5.74) is 1.12. The predicted molar refractivity (Wildman–Crippen MR) is 73.4 cm³/mol. The molecule has 0 bridgehead atoms. The van der Waals surface area contributed by atoms with Gasteiger partial charge in [-0.15, -0.1) is 0 Å². The summed E-state index contributed by atoms with van der Waals surface area (Å²) in [6.07, 6.45) is -1.18. The third-order valence-electron chi connectivity index (χ3n) is 2.55. The van der Waals surface area contributed by atoms with Gasteiger partial charge in [0.1, 0.15) is 18.5 Å². The number of rotatable bonds is 9. The first-order chi connectivity index (χ1) is 9.11. The first-order valence-corrected chi connectivity index (χ1v) is 6.37. The minimum Gasteiger partial charge on any atom is -0.491 e. The molecule has 1 rings (SSSR count). The SMILES string of the molecule is COCC(O)CNCC(O)COc1cccc(C)c1. The second-order valence-corrected chi connectivity index (χ2v) is 4.55. The fourth-order valence-corrected chi connectivity index (χ4v) is 1.62. The van der Waals surface area contributed by atoms with E-state index in [0.717, 1.165) is 11.3 Å². The number of benzene rings is 1. The molecule has 0 aliphatic carbocycles. The van der Waals surface area contributed by atoms with E-state index in [4.69, 9.17) is 9.47 Å². The molecule has 0 aliphatic heterocycles. The van der Waals surface area contributed by atoms with Crippen LogP contribution in [0.1, 0.15) is 5.56 Å². The van der Waals surface area contributed by atoms with Crippen molar-refractivity contribution in [2.24, 2.45) is 0 Å². The Balaban J connectivity index is 2.16. The summed E-state index contributed by atoms with van der Waals surface area (Å²) >= 11 is 0. The van der Waals surface area contributed by atoms with Gasteiger partial charge in [0.25, 0.3) is 0 Å². The number of ether oxygens (including phenoxy) is 2. The molecule has 5 nitrogen and oxygen atoms in total. The lowest BCUT2D eigenvalue weighted by atomic mass is 10.2. The third kappa shape index (κ3) is 7.12. The van der Waals surface area contributed by atoms with E-state index in [1.807, 2.05) is 31.2 Å². The Morgan fingerprint density at radius 2 is 1.84 bits per heavy atom. The number of hydrogen-bond acceptors (Lipinski definition) is 5. The molecule has 0 fully saturated rings. The van der Waals surface area contributed by atoms with E-state index < -0.39 is 12.2 Å². The van der Waals surface area contributed by atoms with Crippen LogP contribution in [0.3, 0.4) is 0 Å². The molecule has 0 spiro atoms. The molecular formula is C14H23NO4. The number of methoxy groups -OCH3 is 1. The van der Waals surface area contributed by atoms with E-state index in [-0.39, 0.29) is 13.2 Å². The van der Waals surface area contributed by atoms with E-state index in [9.17, 15) is 10.2 Å². The van der Waals surface area contributed by atoms with Gasteiger partial charge in [-0.3, -0.25) is 0 Å². The highest BCUT2D eigenvalue weighted by molar-refractivity contribution is 5.27.